The fraction of sp³-hybridized carbons (Fsp3) is 0.400. The van der Waals surface area contributed by atoms with Gasteiger partial charge in [0.05, 0.1) is 23.7 Å². The van der Waals surface area contributed by atoms with Gasteiger partial charge >= 0.3 is 5.97 Å². The molecule has 0 radical (unpaired) electrons. The largest absolute Gasteiger partial charge is 0.460 e. The van der Waals surface area contributed by atoms with E-state index in [-0.39, 0.29) is 18.2 Å². The van der Waals surface area contributed by atoms with Gasteiger partial charge in [-0.2, -0.15) is 0 Å². The van der Waals surface area contributed by atoms with Crippen molar-refractivity contribution in [3.05, 3.63) is 53.3 Å². The Hall–Kier alpha value is -3.62. The van der Waals surface area contributed by atoms with E-state index in [0.717, 1.165) is 25.1 Å². The van der Waals surface area contributed by atoms with Crippen LogP contribution in [0.15, 0.2) is 36.4 Å². The lowest BCUT2D eigenvalue weighted by Gasteiger charge is -2.33. The minimum atomic E-state index is -0.682. The molecule has 1 unspecified atom stereocenters. The number of primary amides is 1. The number of piperidine rings is 1. The van der Waals surface area contributed by atoms with E-state index in [1.165, 1.54) is 18.2 Å². The maximum absolute atomic E-state index is 13.8. The fourth-order valence-electron chi connectivity index (χ4n) is 3.97. The molecule has 2 amide bonds. The van der Waals surface area contributed by atoms with Crippen molar-refractivity contribution in [1.29, 1.82) is 0 Å². The summed E-state index contributed by atoms with van der Waals surface area (Å²) in [6.07, 6.45) is 1.37. The van der Waals surface area contributed by atoms with Crippen molar-refractivity contribution in [3.8, 4) is 0 Å². The van der Waals surface area contributed by atoms with Gasteiger partial charge in [0, 0.05) is 24.3 Å². The number of nitrogens with zero attached hydrogens (tertiary/aromatic N) is 1. The number of benzene rings is 2. The predicted molar refractivity (Wildman–Crippen MR) is 129 cm³/mol. The Morgan fingerprint density at radius 3 is 2.56 bits per heavy atom. The number of nitrogen functional groups attached to an aromatic ring is 1. The molecule has 0 spiro atoms. The van der Waals surface area contributed by atoms with E-state index in [9.17, 15) is 18.8 Å². The van der Waals surface area contributed by atoms with Crippen molar-refractivity contribution in [2.75, 3.05) is 29.0 Å². The minimum Gasteiger partial charge on any atom is -0.460 e. The molecule has 3 rings (SSSR count). The summed E-state index contributed by atoms with van der Waals surface area (Å²) in [6, 6.07) is 8.73. The van der Waals surface area contributed by atoms with Crippen LogP contribution in [0.5, 0.6) is 0 Å². The molecule has 0 bridgehead atoms. The molecule has 5 N–H and O–H groups in total. The highest BCUT2D eigenvalue weighted by atomic mass is 19.1. The van der Waals surface area contributed by atoms with Crippen LogP contribution in [0, 0.1) is 11.7 Å². The number of nitrogens with one attached hydrogen (secondary N) is 1. The molecule has 1 aliphatic rings. The molecule has 2 aromatic carbocycles. The monoisotopic (exact) mass is 470 g/mol. The number of ether oxygens (including phenoxy) is 1. The van der Waals surface area contributed by atoms with Gasteiger partial charge in [0.25, 0.3) is 5.91 Å². The maximum Gasteiger partial charge on any atom is 0.310 e. The lowest BCUT2D eigenvalue weighted by Crippen LogP contribution is -2.41. The van der Waals surface area contributed by atoms with Crippen molar-refractivity contribution in [2.24, 2.45) is 11.7 Å². The van der Waals surface area contributed by atoms with Gasteiger partial charge in [0.15, 0.2) is 0 Å². The highest BCUT2D eigenvalue weighted by Gasteiger charge is 2.25. The number of hydrogen-bond acceptors (Lipinski definition) is 6. The Kier molecular flexibility index (Phi) is 7.44. The van der Waals surface area contributed by atoms with Gasteiger partial charge in [-0.3, -0.25) is 14.4 Å². The number of carbonyl (C=O) groups is 3. The van der Waals surface area contributed by atoms with Crippen LogP contribution < -0.4 is 21.7 Å². The van der Waals surface area contributed by atoms with Gasteiger partial charge < -0.3 is 26.4 Å². The lowest BCUT2D eigenvalue weighted by molar-refractivity contribution is -0.153. The van der Waals surface area contributed by atoms with Gasteiger partial charge in [-0.1, -0.05) is 0 Å². The Morgan fingerprint density at radius 1 is 1.18 bits per heavy atom. The molecule has 8 nitrogen and oxygen atoms in total. The van der Waals surface area contributed by atoms with E-state index in [1.54, 1.807) is 39.0 Å². The molecule has 0 aromatic heterocycles. The van der Waals surface area contributed by atoms with Crippen LogP contribution in [-0.2, 0) is 20.7 Å². The first-order chi connectivity index (χ1) is 15.9. The average molecular weight is 471 g/mol. The van der Waals surface area contributed by atoms with Crippen molar-refractivity contribution in [1.82, 2.24) is 0 Å². The van der Waals surface area contributed by atoms with Crippen LogP contribution in [0.2, 0.25) is 0 Å². The number of amides is 2. The standard InChI is InChI=1S/C25H31FN4O4/c1-25(2,3)34-22(31)13-17-11-18(26)7-8-20(17)29-24(33)15-6-9-21(19(27)12-15)30-10-4-5-16(14-30)23(28)32/h6-9,11-12,16H,4-5,10,13-14,27H2,1-3H3,(H2,28,32)(H,29,33). The first kappa shape index (κ1) is 25.0. The minimum absolute atomic E-state index is 0.193. The smallest absolute Gasteiger partial charge is 0.310 e. The number of rotatable bonds is 6. The topological polar surface area (TPSA) is 128 Å². The van der Waals surface area contributed by atoms with Gasteiger partial charge in [-0.05, 0) is 75.6 Å². The molecule has 0 saturated carbocycles. The molecule has 9 heteroatoms. The quantitative estimate of drug-likeness (QED) is 0.439. The Morgan fingerprint density at radius 2 is 1.91 bits per heavy atom. The molecule has 1 heterocycles. The zero-order valence-corrected chi connectivity index (χ0v) is 19.7. The van der Waals surface area contributed by atoms with Crippen molar-refractivity contribution in [3.63, 3.8) is 0 Å². The SMILES string of the molecule is CC(C)(C)OC(=O)Cc1cc(F)ccc1NC(=O)c1ccc(N2CCCC(C(N)=O)C2)c(N)c1. The Bertz CT molecular complexity index is 1100. The van der Waals surface area contributed by atoms with Gasteiger partial charge in [-0.25, -0.2) is 4.39 Å². The average Bonchev–Trinajstić information content (AvgIpc) is 2.74. The predicted octanol–water partition coefficient (Wildman–Crippen LogP) is 3.25. The summed E-state index contributed by atoms with van der Waals surface area (Å²) in [7, 11) is 0. The third kappa shape index (κ3) is 6.46. The number of halogens is 1. The van der Waals surface area contributed by atoms with Gasteiger partial charge in [-0.15, -0.1) is 0 Å². The van der Waals surface area contributed by atoms with Crippen molar-refractivity contribution in [2.45, 2.75) is 45.6 Å². The van der Waals surface area contributed by atoms with E-state index in [4.69, 9.17) is 16.2 Å². The van der Waals surface area contributed by atoms with E-state index < -0.39 is 23.3 Å². The maximum atomic E-state index is 13.8. The van der Waals surface area contributed by atoms with Crippen LogP contribution in [0.25, 0.3) is 0 Å². The van der Waals surface area contributed by atoms with Crippen LogP contribution in [0.3, 0.4) is 0 Å². The van der Waals surface area contributed by atoms with Crippen molar-refractivity contribution >= 4 is 34.8 Å². The molecule has 0 aliphatic carbocycles. The highest BCUT2D eigenvalue weighted by Crippen LogP contribution is 2.29. The summed E-state index contributed by atoms with van der Waals surface area (Å²) in [6.45, 7) is 6.44. The Balaban J connectivity index is 1.75. The molecule has 1 atom stereocenters. The molecule has 182 valence electrons. The van der Waals surface area contributed by atoms with Gasteiger partial charge in [0.1, 0.15) is 11.4 Å². The molecule has 34 heavy (non-hydrogen) atoms. The van der Waals surface area contributed by atoms with E-state index in [1.807, 2.05) is 4.90 Å². The van der Waals surface area contributed by atoms with Crippen LogP contribution in [0.4, 0.5) is 21.5 Å². The number of esters is 1. The molecular formula is C25H31FN4O4. The third-order valence-corrected chi connectivity index (χ3v) is 5.52. The number of hydrogen-bond donors (Lipinski definition) is 3. The number of carbonyl (C=O) groups excluding carboxylic acids is 3. The normalized spacial score (nSPS) is 16.1. The fourth-order valence-corrected chi connectivity index (χ4v) is 3.97. The zero-order chi connectivity index (χ0) is 25.0. The summed E-state index contributed by atoms with van der Waals surface area (Å²) in [5, 5.41) is 2.73. The van der Waals surface area contributed by atoms with Crippen molar-refractivity contribution < 1.29 is 23.5 Å². The van der Waals surface area contributed by atoms with Gasteiger partial charge in [0.2, 0.25) is 5.91 Å². The molecule has 1 aliphatic heterocycles. The summed E-state index contributed by atoms with van der Waals surface area (Å²) in [4.78, 5) is 38.7. The van der Waals surface area contributed by atoms with Crippen LogP contribution in [0.1, 0.15) is 49.5 Å². The van der Waals surface area contributed by atoms with E-state index in [2.05, 4.69) is 5.32 Å². The zero-order valence-electron chi connectivity index (χ0n) is 19.7. The second kappa shape index (κ2) is 10.1. The lowest BCUT2D eigenvalue weighted by atomic mass is 9.96. The number of anilines is 3. The molecular weight excluding hydrogens is 439 g/mol. The first-order valence-electron chi connectivity index (χ1n) is 11.2. The van der Waals surface area contributed by atoms with Crippen LogP contribution in [-0.4, -0.2) is 36.5 Å². The van der Waals surface area contributed by atoms with E-state index in [0.29, 0.717) is 29.0 Å². The highest BCUT2D eigenvalue weighted by molar-refractivity contribution is 6.06. The molecule has 1 fully saturated rings. The summed E-state index contributed by atoms with van der Waals surface area (Å²) in [5.74, 6) is -2.08. The Labute approximate surface area is 198 Å². The van der Waals surface area contributed by atoms with Crippen LogP contribution >= 0.6 is 0 Å². The second-order valence-electron chi connectivity index (χ2n) is 9.48. The summed E-state index contributed by atoms with van der Waals surface area (Å²) < 4.78 is 19.1. The van der Waals surface area contributed by atoms with E-state index >= 15 is 0 Å². The number of nitrogens with two attached hydrogens (primary N) is 2. The molecule has 2 aromatic rings. The molecule has 1 saturated heterocycles. The third-order valence-electron chi connectivity index (χ3n) is 5.52. The summed E-state index contributed by atoms with van der Waals surface area (Å²) >= 11 is 0. The summed E-state index contributed by atoms with van der Waals surface area (Å²) in [5.41, 5.74) is 13.0. The second-order valence-corrected chi connectivity index (χ2v) is 9.48. The first-order valence-corrected chi connectivity index (χ1v) is 11.2.